The van der Waals surface area contributed by atoms with Crippen molar-refractivity contribution in [3.63, 3.8) is 0 Å². The van der Waals surface area contributed by atoms with Crippen LogP contribution in [0.3, 0.4) is 0 Å². The van der Waals surface area contributed by atoms with Gasteiger partial charge in [0, 0.05) is 24.6 Å². The Bertz CT molecular complexity index is 935. The maximum atomic E-state index is 13.8. The van der Waals surface area contributed by atoms with Gasteiger partial charge in [-0.1, -0.05) is 26.2 Å². The summed E-state index contributed by atoms with van der Waals surface area (Å²) < 4.78 is 17.4. The zero-order valence-corrected chi connectivity index (χ0v) is 21.1. The molecule has 8 heteroatoms. The molecule has 0 unspecified atom stereocenters. The number of rotatable bonds is 9. The molecule has 0 radical (unpaired) electrons. The van der Waals surface area contributed by atoms with E-state index >= 15 is 0 Å². The zero-order chi connectivity index (χ0) is 25.0. The van der Waals surface area contributed by atoms with E-state index in [1.54, 1.807) is 17.2 Å². The first kappa shape index (κ1) is 25.5. The topological polar surface area (TPSA) is 98.1 Å². The highest BCUT2D eigenvalue weighted by molar-refractivity contribution is 5.92. The number of hydrogen-bond donors (Lipinski definition) is 1. The summed E-state index contributed by atoms with van der Waals surface area (Å²) in [4.78, 5) is 41.6. The van der Waals surface area contributed by atoms with E-state index in [2.05, 4.69) is 12.2 Å². The number of esters is 1. The minimum atomic E-state index is -1.17. The van der Waals surface area contributed by atoms with Crippen molar-refractivity contribution in [3.05, 3.63) is 35.9 Å². The van der Waals surface area contributed by atoms with E-state index in [0.717, 1.165) is 38.5 Å². The summed E-state index contributed by atoms with van der Waals surface area (Å²) in [7, 11) is 1.37. The first-order valence-electron chi connectivity index (χ1n) is 13.0. The molecule has 1 aromatic rings. The van der Waals surface area contributed by atoms with Crippen molar-refractivity contribution < 1.29 is 28.3 Å². The van der Waals surface area contributed by atoms with Crippen LogP contribution in [0.25, 0.3) is 0 Å². The summed E-state index contributed by atoms with van der Waals surface area (Å²) in [6, 6.07) is 3.59. The molecule has 3 aliphatic rings. The van der Waals surface area contributed by atoms with Crippen LogP contribution in [0.4, 0.5) is 0 Å². The molecule has 1 aliphatic carbocycles. The van der Waals surface area contributed by atoms with Crippen LogP contribution in [0.15, 0.2) is 34.6 Å². The molecule has 4 atom stereocenters. The molecule has 0 aromatic carbocycles. The number of hydrogen-bond acceptors (Lipinski definition) is 6. The minimum Gasteiger partial charge on any atom is -0.468 e. The van der Waals surface area contributed by atoms with Gasteiger partial charge in [0.05, 0.1) is 32.1 Å². The maximum Gasteiger partial charge on any atom is 0.320 e. The normalized spacial score (nSPS) is 29.0. The lowest BCUT2D eigenvalue weighted by Crippen LogP contribution is -2.60. The summed E-state index contributed by atoms with van der Waals surface area (Å²) in [5.74, 6) is -0.482. The molecule has 35 heavy (non-hydrogen) atoms. The van der Waals surface area contributed by atoms with Gasteiger partial charge in [-0.3, -0.25) is 14.4 Å². The summed E-state index contributed by atoms with van der Waals surface area (Å²) in [5, 5.41) is 2.90. The van der Waals surface area contributed by atoms with Crippen LogP contribution in [0, 0.1) is 17.3 Å². The van der Waals surface area contributed by atoms with Crippen LogP contribution in [0.2, 0.25) is 0 Å². The Labute approximate surface area is 207 Å². The van der Waals surface area contributed by atoms with Crippen molar-refractivity contribution in [3.8, 4) is 0 Å². The van der Waals surface area contributed by atoms with Gasteiger partial charge < -0.3 is 24.1 Å². The number of nitrogens with one attached hydrogen (secondary N) is 1. The lowest BCUT2D eigenvalue weighted by atomic mass is 9.66. The summed E-state index contributed by atoms with van der Waals surface area (Å²) in [6.07, 6.45) is 9.38. The monoisotopic (exact) mass is 486 g/mol. The predicted molar refractivity (Wildman–Crippen MR) is 129 cm³/mol. The van der Waals surface area contributed by atoms with Crippen molar-refractivity contribution in [2.45, 2.75) is 84.0 Å². The van der Waals surface area contributed by atoms with Gasteiger partial charge in [-0.15, -0.1) is 0 Å². The second-order valence-electron chi connectivity index (χ2n) is 10.1. The lowest BCUT2D eigenvalue weighted by molar-refractivity contribution is -0.178. The van der Waals surface area contributed by atoms with Crippen LogP contribution in [-0.4, -0.2) is 48.5 Å². The van der Waals surface area contributed by atoms with Crippen molar-refractivity contribution in [2.75, 3.05) is 13.7 Å². The van der Waals surface area contributed by atoms with Gasteiger partial charge in [-0.2, -0.15) is 0 Å². The van der Waals surface area contributed by atoms with Gasteiger partial charge in [-0.05, 0) is 56.7 Å². The first-order valence-corrected chi connectivity index (χ1v) is 13.0. The van der Waals surface area contributed by atoms with E-state index in [-0.39, 0.29) is 37.3 Å². The molecule has 2 amide bonds. The van der Waals surface area contributed by atoms with Gasteiger partial charge in [0.1, 0.15) is 11.2 Å². The van der Waals surface area contributed by atoms with Crippen LogP contribution in [0.5, 0.6) is 0 Å². The highest BCUT2D eigenvalue weighted by atomic mass is 16.5. The number of furan rings is 1. The molecule has 0 spiro atoms. The van der Waals surface area contributed by atoms with E-state index in [0.29, 0.717) is 23.9 Å². The molecule has 1 N–H and O–H groups in total. The number of likely N-dealkylation sites (tertiary alicyclic amines) is 1. The third-order valence-corrected chi connectivity index (χ3v) is 7.90. The second-order valence-corrected chi connectivity index (χ2v) is 10.1. The van der Waals surface area contributed by atoms with E-state index < -0.39 is 23.4 Å². The molecule has 1 saturated carbocycles. The highest BCUT2D eigenvalue weighted by Gasteiger charge is 2.60. The molecule has 1 saturated heterocycles. The largest absolute Gasteiger partial charge is 0.468 e. The summed E-state index contributed by atoms with van der Waals surface area (Å²) >= 11 is 0. The third kappa shape index (κ3) is 5.03. The van der Waals surface area contributed by atoms with Crippen molar-refractivity contribution in [1.29, 1.82) is 0 Å². The molecule has 4 rings (SSSR count). The molecular weight excluding hydrogens is 448 g/mol. The minimum absolute atomic E-state index is 0.0159. The van der Waals surface area contributed by atoms with Gasteiger partial charge in [-0.25, -0.2) is 0 Å². The first-order chi connectivity index (χ1) is 16.9. The molecular formula is C27H38N2O6. The molecule has 0 bridgehead atoms. The quantitative estimate of drug-likeness (QED) is 0.419. The Morgan fingerprint density at radius 2 is 2.06 bits per heavy atom. The molecule has 1 aromatic heterocycles. The van der Waals surface area contributed by atoms with Crippen LogP contribution < -0.4 is 5.32 Å². The van der Waals surface area contributed by atoms with Crippen molar-refractivity contribution in [2.24, 2.45) is 17.3 Å². The molecule has 2 fully saturated rings. The van der Waals surface area contributed by atoms with Gasteiger partial charge in [0.25, 0.3) is 0 Å². The molecule has 8 nitrogen and oxygen atoms in total. The number of methoxy groups -OCH3 is 1. The fraction of sp³-hybridized carbons (Fsp3) is 0.667. The SMILES string of the molecule is CCCCNC(=O)C[C@H]1C[C@@]2(C(=O)OC)C(=C[C@H](C3CCCC3)O[C@@H]2C)N(Cc2ccco2)C1=O. The number of unbranched alkanes of at least 4 members (excludes halogenated alkanes) is 1. The lowest BCUT2D eigenvalue weighted by Gasteiger charge is -2.52. The summed E-state index contributed by atoms with van der Waals surface area (Å²) in [5.41, 5.74) is -0.539. The fourth-order valence-corrected chi connectivity index (χ4v) is 5.97. The Balaban J connectivity index is 1.72. The highest BCUT2D eigenvalue weighted by Crippen LogP contribution is 2.52. The second kappa shape index (κ2) is 11.0. The number of fused-ring (bicyclic) bond motifs is 1. The Morgan fingerprint density at radius 3 is 2.71 bits per heavy atom. The van der Waals surface area contributed by atoms with Crippen molar-refractivity contribution in [1.82, 2.24) is 10.2 Å². The standard InChI is InChI=1S/C27H38N2O6/c1-4-5-12-28-24(30)14-20-16-27(26(32)33-3)18(2)35-22(19-9-6-7-10-19)15-23(27)29(25(20)31)17-21-11-8-13-34-21/h8,11,13,15,18-20,22H,4-7,9-10,12,14,16-17H2,1-3H3,(H,28,30)/t18-,20+,22-,27+/m1/s1. The van der Waals surface area contributed by atoms with Gasteiger partial charge in [0.2, 0.25) is 11.8 Å². The maximum absolute atomic E-state index is 13.8. The Kier molecular flexibility index (Phi) is 7.99. The van der Waals surface area contributed by atoms with Crippen LogP contribution in [0.1, 0.15) is 71.0 Å². The number of nitrogens with zero attached hydrogens (tertiary/aromatic N) is 1. The Hall–Kier alpha value is -2.61. The number of amides is 2. The number of piperidine rings is 1. The average molecular weight is 487 g/mol. The van der Waals surface area contributed by atoms with Crippen molar-refractivity contribution >= 4 is 17.8 Å². The van der Waals surface area contributed by atoms with E-state index in [9.17, 15) is 14.4 Å². The smallest absolute Gasteiger partial charge is 0.320 e. The number of carbonyl (C=O) groups is 3. The Morgan fingerprint density at radius 1 is 1.29 bits per heavy atom. The average Bonchev–Trinajstić information content (AvgIpc) is 3.56. The fourth-order valence-electron chi connectivity index (χ4n) is 5.97. The third-order valence-electron chi connectivity index (χ3n) is 7.90. The van der Waals surface area contributed by atoms with Gasteiger partial charge in [0.15, 0.2) is 0 Å². The predicted octanol–water partition coefficient (Wildman–Crippen LogP) is 3.96. The summed E-state index contributed by atoms with van der Waals surface area (Å²) in [6.45, 7) is 4.71. The number of ether oxygens (including phenoxy) is 2. The zero-order valence-electron chi connectivity index (χ0n) is 21.1. The molecule has 192 valence electrons. The van der Waals surface area contributed by atoms with Crippen LogP contribution in [-0.2, 0) is 30.4 Å². The van der Waals surface area contributed by atoms with Gasteiger partial charge >= 0.3 is 5.97 Å². The van der Waals surface area contributed by atoms with E-state index in [1.165, 1.54) is 7.11 Å². The van der Waals surface area contributed by atoms with E-state index in [1.807, 2.05) is 19.1 Å². The number of carbonyl (C=O) groups excluding carboxylic acids is 3. The molecule has 2 aliphatic heterocycles. The van der Waals surface area contributed by atoms with Crippen LogP contribution >= 0.6 is 0 Å². The van der Waals surface area contributed by atoms with E-state index in [4.69, 9.17) is 13.9 Å². The molecule has 3 heterocycles.